The zero-order valence-electron chi connectivity index (χ0n) is 16.0. The highest BCUT2D eigenvalue weighted by Crippen LogP contribution is 2.35. The van der Waals surface area contributed by atoms with Crippen molar-refractivity contribution in [1.82, 2.24) is 4.90 Å². The van der Waals surface area contributed by atoms with Gasteiger partial charge in [0.15, 0.2) is 0 Å². The number of rotatable bonds is 8. The van der Waals surface area contributed by atoms with Gasteiger partial charge in [0.25, 0.3) is 11.8 Å². The predicted molar refractivity (Wildman–Crippen MR) is 113 cm³/mol. The van der Waals surface area contributed by atoms with Crippen molar-refractivity contribution in [1.29, 1.82) is 0 Å². The Labute approximate surface area is 179 Å². The molecule has 1 aliphatic rings. The first kappa shape index (κ1) is 21.2. The largest absolute Gasteiger partial charge is 0.497 e. The van der Waals surface area contributed by atoms with E-state index in [1.807, 2.05) is 0 Å². The van der Waals surface area contributed by atoms with E-state index in [9.17, 15) is 9.59 Å². The second-order valence-electron chi connectivity index (χ2n) is 6.34. The van der Waals surface area contributed by atoms with Crippen LogP contribution in [-0.4, -0.2) is 44.1 Å². The lowest BCUT2D eigenvalue weighted by atomic mass is 10.0. The number of ether oxygens (including phenoxy) is 2. The first-order valence-electron chi connectivity index (χ1n) is 8.92. The van der Waals surface area contributed by atoms with Crippen LogP contribution < -0.4 is 10.1 Å². The van der Waals surface area contributed by atoms with Crippen molar-refractivity contribution >= 4 is 46.3 Å². The molecule has 1 aliphatic heterocycles. The molecule has 152 valence electrons. The second kappa shape index (κ2) is 9.31. The van der Waals surface area contributed by atoms with Crippen molar-refractivity contribution in [3.05, 3.63) is 63.8 Å². The van der Waals surface area contributed by atoms with E-state index in [1.165, 1.54) is 4.90 Å². The third-order valence-corrected chi connectivity index (χ3v) is 5.01. The SMILES string of the molecule is COCCCN1C(=O)C(Nc2ccc(OC)cc2)=C(c2ccc(Cl)cc2Cl)C1=O. The van der Waals surface area contributed by atoms with Crippen LogP contribution in [0.25, 0.3) is 5.57 Å². The van der Waals surface area contributed by atoms with Gasteiger partial charge in [0, 0.05) is 36.5 Å². The van der Waals surface area contributed by atoms with E-state index in [0.717, 1.165) is 0 Å². The molecule has 8 heteroatoms. The summed E-state index contributed by atoms with van der Waals surface area (Å²) in [6, 6.07) is 11.9. The third-order valence-electron chi connectivity index (χ3n) is 4.46. The number of amides is 2. The van der Waals surface area contributed by atoms with E-state index in [0.29, 0.717) is 40.1 Å². The Morgan fingerprint density at radius 3 is 2.34 bits per heavy atom. The number of nitrogens with zero attached hydrogens (tertiary/aromatic N) is 1. The minimum atomic E-state index is -0.414. The molecule has 0 spiro atoms. The van der Waals surface area contributed by atoms with Crippen LogP contribution in [0.1, 0.15) is 12.0 Å². The average molecular weight is 435 g/mol. The maximum absolute atomic E-state index is 13.1. The minimum Gasteiger partial charge on any atom is -0.497 e. The fourth-order valence-corrected chi connectivity index (χ4v) is 3.53. The van der Waals surface area contributed by atoms with Gasteiger partial charge < -0.3 is 14.8 Å². The number of imide groups is 1. The number of carbonyl (C=O) groups excluding carboxylic acids is 2. The molecule has 0 saturated heterocycles. The fraction of sp³-hybridized carbons (Fsp3) is 0.238. The fourth-order valence-electron chi connectivity index (χ4n) is 3.02. The summed E-state index contributed by atoms with van der Waals surface area (Å²) in [5.41, 5.74) is 1.47. The maximum Gasteiger partial charge on any atom is 0.278 e. The van der Waals surface area contributed by atoms with Crippen molar-refractivity contribution in [2.75, 3.05) is 32.7 Å². The molecule has 0 saturated carbocycles. The summed E-state index contributed by atoms with van der Waals surface area (Å²) in [7, 11) is 3.14. The number of carbonyl (C=O) groups is 2. The van der Waals surface area contributed by atoms with Gasteiger partial charge in [0.05, 0.1) is 17.7 Å². The van der Waals surface area contributed by atoms with E-state index in [1.54, 1.807) is 56.7 Å². The van der Waals surface area contributed by atoms with Gasteiger partial charge in [0.1, 0.15) is 11.4 Å². The molecule has 2 amide bonds. The van der Waals surface area contributed by atoms with Gasteiger partial charge in [-0.25, -0.2) is 0 Å². The Bertz CT molecular complexity index is 958. The maximum atomic E-state index is 13.1. The van der Waals surface area contributed by atoms with Crippen molar-refractivity contribution < 1.29 is 19.1 Å². The average Bonchev–Trinajstić information content (AvgIpc) is 2.93. The Hall–Kier alpha value is -2.54. The molecule has 0 radical (unpaired) electrons. The number of hydrogen-bond acceptors (Lipinski definition) is 5. The second-order valence-corrected chi connectivity index (χ2v) is 7.18. The van der Waals surface area contributed by atoms with Gasteiger partial charge in [-0.3, -0.25) is 14.5 Å². The van der Waals surface area contributed by atoms with Gasteiger partial charge in [-0.1, -0.05) is 29.3 Å². The van der Waals surface area contributed by atoms with Gasteiger partial charge in [-0.15, -0.1) is 0 Å². The number of methoxy groups -OCH3 is 2. The molecule has 0 fully saturated rings. The monoisotopic (exact) mass is 434 g/mol. The summed E-state index contributed by atoms with van der Waals surface area (Å²) in [5.74, 6) is -0.144. The van der Waals surface area contributed by atoms with Crippen LogP contribution in [0.3, 0.4) is 0 Å². The van der Waals surface area contributed by atoms with Crippen molar-refractivity contribution in [3.63, 3.8) is 0 Å². The minimum absolute atomic E-state index is 0.168. The topological polar surface area (TPSA) is 67.9 Å². The van der Waals surface area contributed by atoms with Gasteiger partial charge in [-0.05, 0) is 42.8 Å². The Kier molecular flexibility index (Phi) is 6.79. The number of benzene rings is 2. The van der Waals surface area contributed by atoms with Crippen molar-refractivity contribution in [3.8, 4) is 5.75 Å². The quantitative estimate of drug-likeness (QED) is 0.497. The van der Waals surface area contributed by atoms with E-state index < -0.39 is 11.8 Å². The molecule has 0 aliphatic carbocycles. The molecule has 0 aromatic heterocycles. The van der Waals surface area contributed by atoms with Crippen LogP contribution in [0.4, 0.5) is 5.69 Å². The highest BCUT2D eigenvalue weighted by atomic mass is 35.5. The van der Waals surface area contributed by atoms with Crippen LogP contribution in [0.5, 0.6) is 5.75 Å². The molecular weight excluding hydrogens is 415 g/mol. The lowest BCUT2D eigenvalue weighted by Crippen LogP contribution is -2.33. The number of hydrogen-bond donors (Lipinski definition) is 1. The summed E-state index contributed by atoms with van der Waals surface area (Å²) in [4.78, 5) is 27.4. The lowest BCUT2D eigenvalue weighted by Gasteiger charge is -2.15. The van der Waals surface area contributed by atoms with E-state index in [2.05, 4.69) is 5.32 Å². The summed E-state index contributed by atoms with van der Waals surface area (Å²) < 4.78 is 10.2. The lowest BCUT2D eigenvalue weighted by molar-refractivity contribution is -0.136. The van der Waals surface area contributed by atoms with Crippen LogP contribution in [0.2, 0.25) is 10.0 Å². The summed E-state index contributed by atoms with van der Waals surface area (Å²) >= 11 is 12.3. The van der Waals surface area contributed by atoms with Crippen LogP contribution in [0, 0.1) is 0 Å². The standard InChI is InChI=1S/C21H20Cl2N2O4/c1-28-11-3-10-25-20(26)18(16-9-4-13(22)12-17(16)23)19(21(25)27)24-14-5-7-15(29-2)8-6-14/h4-9,12,24H,3,10-11H2,1-2H3. The molecule has 1 heterocycles. The molecule has 2 aromatic rings. The predicted octanol–water partition coefficient (Wildman–Crippen LogP) is 4.23. The highest BCUT2D eigenvalue weighted by molar-refractivity contribution is 6.41. The number of halogens is 2. The van der Waals surface area contributed by atoms with E-state index >= 15 is 0 Å². The van der Waals surface area contributed by atoms with Gasteiger partial charge >= 0.3 is 0 Å². The molecule has 2 aromatic carbocycles. The van der Waals surface area contributed by atoms with Crippen LogP contribution >= 0.6 is 23.2 Å². The molecule has 1 N–H and O–H groups in total. The molecule has 29 heavy (non-hydrogen) atoms. The molecule has 0 unspecified atom stereocenters. The summed E-state index contributed by atoms with van der Waals surface area (Å²) in [6.45, 7) is 0.684. The number of anilines is 1. The first-order chi connectivity index (χ1) is 14.0. The first-order valence-corrected chi connectivity index (χ1v) is 9.67. The Morgan fingerprint density at radius 1 is 1.00 bits per heavy atom. The molecule has 6 nitrogen and oxygen atoms in total. The smallest absolute Gasteiger partial charge is 0.278 e. The van der Waals surface area contributed by atoms with Crippen LogP contribution in [0.15, 0.2) is 48.2 Å². The number of nitrogens with one attached hydrogen (secondary N) is 1. The zero-order valence-corrected chi connectivity index (χ0v) is 17.5. The van der Waals surface area contributed by atoms with Gasteiger partial charge in [0.2, 0.25) is 0 Å². The molecule has 0 atom stereocenters. The van der Waals surface area contributed by atoms with E-state index in [-0.39, 0.29) is 17.8 Å². The molecule has 0 bridgehead atoms. The summed E-state index contributed by atoms with van der Waals surface area (Å²) in [6.07, 6.45) is 0.533. The highest BCUT2D eigenvalue weighted by Gasteiger charge is 2.39. The van der Waals surface area contributed by atoms with Crippen molar-refractivity contribution in [2.45, 2.75) is 6.42 Å². The third kappa shape index (κ3) is 4.56. The normalized spacial score (nSPS) is 14.0. The molecular formula is C21H20Cl2N2O4. The Balaban J connectivity index is 2.01. The zero-order chi connectivity index (χ0) is 21.0. The van der Waals surface area contributed by atoms with Gasteiger partial charge in [-0.2, -0.15) is 0 Å². The molecule has 3 rings (SSSR count). The van der Waals surface area contributed by atoms with Crippen molar-refractivity contribution in [2.24, 2.45) is 0 Å². The Morgan fingerprint density at radius 2 is 1.72 bits per heavy atom. The summed E-state index contributed by atoms with van der Waals surface area (Å²) in [5, 5.41) is 3.81. The van der Waals surface area contributed by atoms with Crippen LogP contribution in [-0.2, 0) is 14.3 Å². The van der Waals surface area contributed by atoms with E-state index in [4.69, 9.17) is 32.7 Å².